The summed E-state index contributed by atoms with van der Waals surface area (Å²) in [5.41, 5.74) is -0.923. The Morgan fingerprint density at radius 2 is 1.26 bits per heavy atom. The van der Waals surface area contributed by atoms with Crippen LogP contribution in [0.15, 0.2) is 12.2 Å². The molecule has 182 valence electrons. The summed E-state index contributed by atoms with van der Waals surface area (Å²) in [6.45, 7) is 2.81. The van der Waals surface area contributed by atoms with E-state index in [2.05, 4.69) is 16.1 Å². The van der Waals surface area contributed by atoms with Gasteiger partial charge in [0.1, 0.15) is 0 Å². The fraction of sp³-hybridized carbons (Fsp3) is 0.714. The average Bonchev–Trinajstić information content (AvgIpc) is 2.64. The Labute approximate surface area is 163 Å². The Kier molecular flexibility index (Phi) is 8.82. The van der Waals surface area contributed by atoms with Crippen LogP contribution in [0, 0.1) is 0 Å². The number of ether oxygens (including phenoxy) is 2. The molecule has 0 saturated heterocycles. The highest BCUT2D eigenvalue weighted by Gasteiger charge is 2.85. The lowest BCUT2D eigenvalue weighted by Gasteiger charge is -2.38. The number of alkyl halides is 13. The van der Waals surface area contributed by atoms with Gasteiger partial charge >= 0.3 is 42.0 Å². The van der Waals surface area contributed by atoms with Gasteiger partial charge in [-0.15, -0.1) is 0 Å². The lowest BCUT2D eigenvalue weighted by Crippen LogP contribution is -2.68. The number of esters is 2. The van der Waals surface area contributed by atoms with Gasteiger partial charge in [0, 0.05) is 5.57 Å². The molecule has 0 bridgehead atoms. The molecule has 0 rings (SSSR count). The van der Waals surface area contributed by atoms with Gasteiger partial charge in [0.25, 0.3) is 6.43 Å². The summed E-state index contributed by atoms with van der Waals surface area (Å²) in [6, 6.07) is 0. The third-order valence-corrected chi connectivity index (χ3v) is 3.45. The van der Waals surface area contributed by atoms with E-state index in [1.54, 1.807) is 0 Å². The first kappa shape index (κ1) is 28.8. The highest BCUT2D eigenvalue weighted by molar-refractivity contribution is 5.93. The summed E-state index contributed by atoms with van der Waals surface area (Å²) in [6.07, 6.45) is -21.6. The van der Waals surface area contributed by atoms with Crippen molar-refractivity contribution in [2.45, 2.75) is 55.2 Å². The molecule has 0 aromatic heterocycles. The van der Waals surface area contributed by atoms with Crippen molar-refractivity contribution in [1.29, 1.82) is 0 Å². The molecule has 0 N–H and O–H groups in total. The summed E-state index contributed by atoms with van der Waals surface area (Å²) < 4.78 is 177. The van der Waals surface area contributed by atoms with E-state index in [-0.39, 0.29) is 0 Å². The van der Waals surface area contributed by atoms with E-state index >= 15 is 0 Å². The van der Waals surface area contributed by atoms with Gasteiger partial charge < -0.3 is 9.47 Å². The molecule has 0 aromatic carbocycles. The minimum absolute atomic E-state index is 0.724. The van der Waals surface area contributed by atoms with Crippen LogP contribution < -0.4 is 0 Å². The first-order valence-electron chi connectivity index (χ1n) is 7.37. The number of hydrogen-bond acceptors (Lipinski definition) is 4. The molecule has 3 atom stereocenters. The van der Waals surface area contributed by atoms with Crippen LogP contribution in [0.3, 0.4) is 0 Å². The van der Waals surface area contributed by atoms with Crippen LogP contribution in [0.1, 0.15) is 6.42 Å². The van der Waals surface area contributed by atoms with E-state index < -0.39 is 72.7 Å². The number of rotatable bonds is 11. The lowest BCUT2D eigenvalue weighted by atomic mass is 9.93. The zero-order valence-electron chi connectivity index (χ0n) is 14.8. The summed E-state index contributed by atoms with van der Waals surface area (Å²) in [5.74, 6) is -33.2. The fourth-order valence-electron chi connectivity index (χ4n) is 1.68. The van der Waals surface area contributed by atoms with Crippen molar-refractivity contribution >= 4 is 11.9 Å². The molecule has 0 aliphatic heterocycles. The van der Waals surface area contributed by atoms with Crippen LogP contribution in [-0.2, 0) is 19.1 Å². The second-order valence-corrected chi connectivity index (χ2v) is 5.65. The monoisotopic (exact) mass is 490 g/mol. The first-order chi connectivity index (χ1) is 13.7. The molecule has 0 aromatic rings. The zero-order valence-corrected chi connectivity index (χ0v) is 14.8. The SMILES string of the molecule is C=C(CC(=O)OC(F)C(F)(F)C(F)(F)C(F)(F)C(F)(F)C(F)C(F)C(F)F)C(=O)OC. The van der Waals surface area contributed by atoms with E-state index in [0.29, 0.717) is 0 Å². The van der Waals surface area contributed by atoms with Crippen LogP contribution in [0.25, 0.3) is 0 Å². The van der Waals surface area contributed by atoms with Gasteiger partial charge in [-0.1, -0.05) is 6.58 Å². The van der Waals surface area contributed by atoms with Crippen molar-refractivity contribution in [3.8, 4) is 0 Å². The molecule has 0 aliphatic carbocycles. The van der Waals surface area contributed by atoms with E-state index in [4.69, 9.17) is 0 Å². The maximum atomic E-state index is 13.5. The average molecular weight is 490 g/mol. The van der Waals surface area contributed by atoms with E-state index in [1.165, 1.54) is 0 Å². The van der Waals surface area contributed by atoms with Crippen molar-refractivity contribution in [1.82, 2.24) is 0 Å². The molecule has 0 fully saturated rings. The molecular formula is C14H11F13O4. The van der Waals surface area contributed by atoms with Crippen LogP contribution in [0.2, 0.25) is 0 Å². The number of carbonyl (C=O) groups excluding carboxylic acids is 2. The maximum absolute atomic E-state index is 13.5. The zero-order chi connectivity index (χ0) is 25.2. The molecule has 0 spiro atoms. The van der Waals surface area contributed by atoms with Crippen molar-refractivity contribution < 1.29 is 76.1 Å². The molecule has 17 heteroatoms. The summed E-state index contributed by atoms with van der Waals surface area (Å²) >= 11 is 0. The predicted molar refractivity (Wildman–Crippen MR) is 72.3 cm³/mol. The Morgan fingerprint density at radius 1 is 0.839 bits per heavy atom. The van der Waals surface area contributed by atoms with E-state index in [9.17, 15) is 66.7 Å². The van der Waals surface area contributed by atoms with Gasteiger partial charge in [-0.2, -0.15) is 39.5 Å². The topological polar surface area (TPSA) is 52.6 Å². The summed E-state index contributed by atoms with van der Waals surface area (Å²) in [7, 11) is 0.724. The lowest BCUT2D eigenvalue weighted by molar-refractivity contribution is -0.399. The standard InChI is InChI=1S/C14H11F13O4/c1-4(9(29)30-2)3-5(28)31-10(19)12(22,23)14(26,27)13(24,25)11(20,21)7(16)6(15)8(17)18/h6-8,10H,1,3H2,2H3. The van der Waals surface area contributed by atoms with Crippen molar-refractivity contribution in [3.05, 3.63) is 12.2 Å². The Balaban J connectivity index is 5.81. The Morgan fingerprint density at radius 3 is 1.65 bits per heavy atom. The Hall–Kier alpha value is -2.23. The highest BCUT2D eigenvalue weighted by atomic mass is 19.4. The van der Waals surface area contributed by atoms with Crippen LogP contribution in [0.5, 0.6) is 0 Å². The molecule has 4 nitrogen and oxygen atoms in total. The third-order valence-electron chi connectivity index (χ3n) is 3.45. The summed E-state index contributed by atoms with van der Waals surface area (Å²) in [5, 5.41) is 0. The van der Waals surface area contributed by atoms with Crippen molar-refractivity contribution in [2.24, 2.45) is 0 Å². The largest absolute Gasteiger partial charge is 0.466 e. The van der Waals surface area contributed by atoms with Crippen molar-refractivity contribution in [2.75, 3.05) is 7.11 Å². The van der Waals surface area contributed by atoms with Crippen LogP contribution >= 0.6 is 0 Å². The number of methoxy groups -OCH3 is 1. The van der Waals surface area contributed by atoms with Gasteiger partial charge in [-0.05, 0) is 0 Å². The van der Waals surface area contributed by atoms with Gasteiger partial charge in [-0.3, -0.25) is 4.79 Å². The van der Waals surface area contributed by atoms with Crippen molar-refractivity contribution in [3.63, 3.8) is 0 Å². The number of hydrogen-bond donors (Lipinski definition) is 0. The molecule has 0 aliphatic rings. The quantitative estimate of drug-likeness (QED) is 0.245. The van der Waals surface area contributed by atoms with Crippen LogP contribution in [0.4, 0.5) is 57.1 Å². The highest BCUT2D eigenvalue weighted by Crippen LogP contribution is 2.56. The van der Waals surface area contributed by atoms with Gasteiger partial charge in [0.2, 0.25) is 6.17 Å². The molecule has 0 saturated carbocycles. The predicted octanol–water partition coefficient (Wildman–Crippen LogP) is 4.43. The summed E-state index contributed by atoms with van der Waals surface area (Å²) in [4.78, 5) is 22.0. The molecule has 3 unspecified atom stereocenters. The fourth-order valence-corrected chi connectivity index (χ4v) is 1.68. The molecular weight excluding hydrogens is 479 g/mol. The number of carbonyl (C=O) groups is 2. The van der Waals surface area contributed by atoms with E-state index in [1.807, 2.05) is 0 Å². The molecule has 31 heavy (non-hydrogen) atoms. The molecule has 0 heterocycles. The van der Waals surface area contributed by atoms with E-state index in [0.717, 1.165) is 7.11 Å². The van der Waals surface area contributed by atoms with Gasteiger partial charge in [-0.25, -0.2) is 22.4 Å². The second-order valence-electron chi connectivity index (χ2n) is 5.65. The first-order valence-corrected chi connectivity index (χ1v) is 7.37. The van der Waals surface area contributed by atoms with Gasteiger partial charge in [0.15, 0.2) is 6.17 Å². The smallest absolute Gasteiger partial charge is 0.385 e. The second kappa shape index (κ2) is 9.50. The van der Waals surface area contributed by atoms with Crippen LogP contribution in [-0.4, -0.2) is 67.9 Å². The van der Waals surface area contributed by atoms with Gasteiger partial charge in [0.05, 0.1) is 13.5 Å². The molecule has 0 amide bonds. The maximum Gasteiger partial charge on any atom is 0.385 e. The third kappa shape index (κ3) is 5.34. The number of halogens is 13. The Bertz CT molecular complexity index is 679. The normalized spacial score (nSPS) is 16.5. The molecule has 0 radical (unpaired) electrons. The minimum atomic E-state index is -7.67. The minimum Gasteiger partial charge on any atom is -0.466 e.